The zero-order chi connectivity index (χ0) is 23.5. The average molecular weight is 469 g/mol. The van der Waals surface area contributed by atoms with Crippen molar-refractivity contribution in [1.29, 1.82) is 0 Å². The van der Waals surface area contributed by atoms with Gasteiger partial charge in [0.2, 0.25) is 5.89 Å². The Morgan fingerprint density at radius 3 is 2.55 bits per heavy atom. The van der Waals surface area contributed by atoms with Gasteiger partial charge in [0, 0.05) is 16.5 Å². The first kappa shape index (κ1) is 22.3. The van der Waals surface area contributed by atoms with E-state index in [0.717, 1.165) is 23.5 Å². The van der Waals surface area contributed by atoms with Crippen LogP contribution in [0.3, 0.4) is 0 Å². The molecular weight excluding hydrogens is 452 g/mol. The molecule has 1 N–H and O–H groups in total. The molecule has 4 rings (SSSR count). The molecule has 33 heavy (non-hydrogen) atoms. The monoisotopic (exact) mass is 469 g/mol. The summed E-state index contributed by atoms with van der Waals surface area (Å²) in [5.41, 5.74) is 1.40. The molecule has 0 aliphatic heterocycles. The van der Waals surface area contributed by atoms with Gasteiger partial charge in [-0.1, -0.05) is 18.2 Å². The first-order chi connectivity index (χ1) is 15.8. The first-order valence-corrected chi connectivity index (χ1v) is 10.7. The molecule has 0 aliphatic carbocycles. The molecule has 10 heteroatoms. The topological polar surface area (TPSA) is 94.3 Å². The Kier molecular flexibility index (Phi) is 6.27. The number of benzene rings is 2. The Labute approximate surface area is 191 Å². The Hall–Kier alpha value is -3.92. The number of esters is 1. The maximum absolute atomic E-state index is 13.4. The molecule has 2 aromatic heterocycles. The predicted octanol–water partition coefficient (Wildman–Crippen LogP) is 5.24. The van der Waals surface area contributed by atoms with Crippen molar-refractivity contribution >= 4 is 28.3 Å². The Balaban J connectivity index is 1.40. The van der Waals surface area contributed by atoms with E-state index in [2.05, 4.69) is 15.3 Å². The average Bonchev–Trinajstić information content (AvgIpc) is 3.43. The van der Waals surface area contributed by atoms with E-state index in [1.807, 2.05) is 18.2 Å². The highest BCUT2D eigenvalue weighted by molar-refractivity contribution is 7.14. The normalized spacial score (nSPS) is 11.8. The van der Waals surface area contributed by atoms with Gasteiger partial charge in [-0.3, -0.25) is 10.1 Å². The molecule has 0 radical (unpaired) electrons. The smallest absolute Gasteiger partial charge is 0.361 e. The molecule has 168 valence electrons. The molecule has 0 spiro atoms. The number of ether oxygens (including phenoxy) is 1. The van der Waals surface area contributed by atoms with E-state index in [4.69, 9.17) is 9.15 Å². The fraction of sp³-hybridized carbons (Fsp3) is 0.130. The van der Waals surface area contributed by atoms with Crippen molar-refractivity contribution in [2.75, 3.05) is 5.32 Å². The molecule has 0 saturated carbocycles. The van der Waals surface area contributed by atoms with Crippen molar-refractivity contribution in [3.63, 3.8) is 0 Å². The lowest BCUT2D eigenvalue weighted by Gasteiger charge is -2.11. The quantitative estimate of drug-likeness (QED) is 0.388. The van der Waals surface area contributed by atoms with E-state index in [1.54, 1.807) is 24.4 Å². The van der Waals surface area contributed by atoms with Crippen LogP contribution < -0.4 is 5.32 Å². The van der Waals surface area contributed by atoms with Crippen molar-refractivity contribution in [2.24, 2.45) is 0 Å². The predicted molar refractivity (Wildman–Crippen MR) is 118 cm³/mol. The van der Waals surface area contributed by atoms with Gasteiger partial charge in [-0.15, -0.1) is 11.3 Å². The van der Waals surface area contributed by atoms with Crippen LogP contribution in [0.2, 0.25) is 0 Å². The van der Waals surface area contributed by atoms with Gasteiger partial charge in [0.15, 0.2) is 28.6 Å². The van der Waals surface area contributed by atoms with Gasteiger partial charge in [-0.2, -0.15) is 0 Å². The zero-order valence-electron chi connectivity index (χ0n) is 17.5. The van der Waals surface area contributed by atoms with Crippen LogP contribution in [-0.2, 0) is 9.53 Å². The van der Waals surface area contributed by atoms with E-state index in [0.29, 0.717) is 16.8 Å². The van der Waals surface area contributed by atoms with Gasteiger partial charge in [-0.05, 0) is 44.2 Å². The molecule has 2 heterocycles. The number of halogens is 2. The van der Waals surface area contributed by atoms with Crippen LogP contribution >= 0.6 is 11.3 Å². The summed E-state index contributed by atoms with van der Waals surface area (Å²) < 4.78 is 37.3. The molecule has 2 aromatic carbocycles. The number of aryl methyl sites for hydroxylation is 1. The molecule has 7 nitrogen and oxygen atoms in total. The number of aromatic nitrogens is 2. The number of carbonyl (C=O) groups is 2. The first-order valence-electron chi connectivity index (χ1n) is 9.77. The third-order valence-electron chi connectivity index (χ3n) is 4.61. The van der Waals surface area contributed by atoms with E-state index < -0.39 is 29.6 Å². The minimum Gasteiger partial charge on any atom is -0.448 e. The largest absolute Gasteiger partial charge is 0.448 e. The highest BCUT2D eigenvalue weighted by atomic mass is 32.1. The minimum atomic E-state index is -1.15. The summed E-state index contributed by atoms with van der Waals surface area (Å²) in [6.07, 6.45) is -1.15. The third-order valence-corrected chi connectivity index (χ3v) is 5.37. The number of rotatable bonds is 6. The molecular formula is C23H17F2N3O4S. The second kappa shape index (κ2) is 9.29. The summed E-state index contributed by atoms with van der Waals surface area (Å²) in [7, 11) is 0. The standard InChI is InChI=1S/C23H17F2N3O4S/c1-12-19(27-21(31-12)14-6-4-3-5-7-14)22(30)32-13(2)20(29)28-23-26-18(11-33-23)15-8-9-16(24)17(25)10-15/h3-11,13H,1-2H3,(H,26,28,29)/t13-/m0/s1. The summed E-state index contributed by atoms with van der Waals surface area (Å²) in [4.78, 5) is 33.4. The number of oxazole rings is 1. The van der Waals surface area contributed by atoms with Crippen LogP contribution in [0.1, 0.15) is 23.2 Å². The van der Waals surface area contributed by atoms with Gasteiger partial charge in [-0.25, -0.2) is 23.5 Å². The maximum atomic E-state index is 13.4. The van der Waals surface area contributed by atoms with Crippen LogP contribution in [0.15, 0.2) is 58.3 Å². The van der Waals surface area contributed by atoms with Crippen molar-refractivity contribution in [2.45, 2.75) is 20.0 Å². The molecule has 0 aliphatic rings. The van der Waals surface area contributed by atoms with E-state index in [9.17, 15) is 18.4 Å². The molecule has 0 fully saturated rings. The fourth-order valence-corrected chi connectivity index (χ4v) is 3.61. The van der Waals surface area contributed by atoms with Crippen molar-refractivity contribution in [1.82, 2.24) is 9.97 Å². The number of thiazole rings is 1. The molecule has 0 saturated heterocycles. The van der Waals surface area contributed by atoms with Crippen LogP contribution in [0.4, 0.5) is 13.9 Å². The highest BCUT2D eigenvalue weighted by Gasteiger charge is 2.25. The SMILES string of the molecule is Cc1oc(-c2ccccc2)nc1C(=O)O[C@@H](C)C(=O)Nc1nc(-c2ccc(F)c(F)c2)cs1. The van der Waals surface area contributed by atoms with E-state index in [1.165, 1.54) is 13.0 Å². The van der Waals surface area contributed by atoms with E-state index in [-0.39, 0.29) is 22.5 Å². The summed E-state index contributed by atoms with van der Waals surface area (Å²) in [5.74, 6) is -2.84. The molecule has 1 atom stereocenters. The maximum Gasteiger partial charge on any atom is 0.361 e. The molecule has 4 aromatic rings. The van der Waals surface area contributed by atoms with Crippen molar-refractivity contribution in [3.8, 4) is 22.7 Å². The number of carbonyl (C=O) groups excluding carboxylic acids is 2. The number of hydrogen-bond donors (Lipinski definition) is 1. The lowest BCUT2D eigenvalue weighted by atomic mass is 10.2. The fourth-order valence-electron chi connectivity index (χ4n) is 2.89. The number of amides is 1. The molecule has 0 unspecified atom stereocenters. The van der Waals surface area contributed by atoms with Crippen molar-refractivity contribution < 1.29 is 27.5 Å². The van der Waals surface area contributed by atoms with Gasteiger partial charge >= 0.3 is 5.97 Å². The Morgan fingerprint density at radius 1 is 1.06 bits per heavy atom. The lowest BCUT2D eigenvalue weighted by molar-refractivity contribution is -0.123. The van der Waals surface area contributed by atoms with E-state index >= 15 is 0 Å². The van der Waals surface area contributed by atoms with Gasteiger partial charge in [0.25, 0.3) is 5.91 Å². The molecule has 0 bridgehead atoms. The van der Waals surface area contributed by atoms with Gasteiger partial charge < -0.3 is 9.15 Å². The summed E-state index contributed by atoms with van der Waals surface area (Å²) in [6.45, 7) is 2.99. The number of hydrogen-bond acceptors (Lipinski definition) is 7. The number of nitrogens with one attached hydrogen (secondary N) is 1. The third kappa shape index (κ3) is 4.96. The van der Waals surface area contributed by atoms with Crippen molar-refractivity contribution in [3.05, 3.63) is 77.0 Å². The summed E-state index contributed by atoms with van der Waals surface area (Å²) in [6, 6.07) is 12.5. The second-order valence-electron chi connectivity index (χ2n) is 6.99. The van der Waals surface area contributed by atoms with Gasteiger partial charge in [0.05, 0.1) is 5.69 Å². The summed E-state index contributed by atoms with van der Waals surface area (Å²) >= 11 is 1.09. The Morgan fingerprint density at radius 2 is 1.82 bits per heavy atom. The van der Waals surface area contributed by atoms with Gasteiger partial charge in [0.1, 0.15) is 5.76 Å². The van der Waals surface area contributed by atoms with Crippen LogP contribution in [0.5, 0.6) is 0 Å². The highest BCUT2D eigenvalue weighted by Crippen LogP contribution is 2.26. The minimum absolute atomic E-state index is 0.0247. The van der Waals surface area contributed by atoms with Crippen LogP contribution in [0, 0.1) is 18.6 Å². The zero-order valence-corrected chi connectivity index (χ0v) is 18.3. The Bertz CT molecular complexity index is 1320. The van der Waals surface area contributed by atoms with Crippen LogP contribution in [-0.4, -0.2) is 27.9 Å². The second-order valence-corrected chi connectivity index (χ2v) is 7.85. The number of nitrogens with zero attached hydrogens (tertiary/aromatic N) is 2. The summed E-state index contributed by atoms with van der Waals surface area (Å²) in [5, 5.41) is 4.34. The number of anilines is 1. The van der Waals surface area contributed by atoms with Crippen LogP contribution in [0.25, 0.3) is 22.7 Å². The lowest BCUT2D eigenvalue weighted by Crippen LogP contribution is -2.30. The molecule has 1 amide bonds.